The normalized spacial score (nSPS) is 10.4. The number of rotatable bonds is 8. The Morgan fingerprint density at radius 2 is 1.67 bits per heavy atom. The highest BCUT2D eigenvalue weighted by atomic mass is 16.5. The number of aromatic carboxylic acids is 1. The van der Waals surface area contributed by atoms with E-state index < -0.39 is 5.97 Å². The van der Waals surface area contributed by atoms with Crippen molar-refractivity contribution < 1.29 is 28.9 Å². The maximum absolute atomic E-state index is 12.5. The Balaban J connectivity index is 2.21. The number of hydrogen-bond acceptors (Lipinski definition) is 5. The van der Waals surface area contributed by atoms with E-state index in [1.54, 1.807) is 18.2 Å². The Hall–Kier alpha value is -3.22. The van der Waals surface area contributed by atoms with Crippen LogP contribution >= 0.6 is 0 Å². The van der Waals surface area contributed by atoms with Gasteiger partial charge in [0.25, 0.3) is 0 Å². The SMILES string of the molecule is COc1ccc(CC(=O)Nc2cc(C(=O)O)ccc2OC(C)C)cc1OC. The van der Waals surface area contributed by atoms with Crippen LogP contribution in [0, 0.1) is 0 Å². The molecule has 0 unspecified atom stereocenters. The van der Waals surface area contributed by atoms with E-state index in [1.165, 1.54) is 32.4 Å². The highest BCUT2D eigenvalue weighted by molar-refractivity contribution is 5.96. The van der Waals surface area contributed by atoms with Crippen molar-refractivity contribution in [2.75, 3.05) is 19.5 Å². The molecule has 2 rings (SSSR count). The van der Waals surface area contributed by atoms with Gasteiger partial charge in [0.15, 0.2) is 11.5 Å². The fourth-order valence-corrected chi connectivity index (χ4v) is 2.49. The van der Waals surface area contributed by atoms with E-state index in [1.807, 2.05) is 13.8 Å². The Labute approximate surface area is 157 Å². The van der Waals surface area contributed by atoms with Crippen LogP contribution in [0.5, 0.6) is 17.2 Å². The minimum atomic E-state index is -1.08. The number of methoxy groups -OCH3 is 2. The molecule has 27 heavy (non-hydrogen) atoms. The quantitative estimate of drug-likeness (QED) is 0.737. The number of nitrogens with one attached hydrogen (secondary N) is 1. The number of benzene rings is 2. The van der Waals surface area contributed by atoms with Gasteiger partial charge in [0.1, 0.15) is 5.75 Å². The van der Waals surface area contributed by atoms with Gasteiger partial charge in [0, 0.05) is 0 Å². The molecule has 0 heterocycles. The number of carbonyl (C=O) groups is 2. The molecule has 0 radical (unpaired) electrons. The summed E-state index contributed by atoms with van der Waals surface area (Å²) < 4.78 is 16.1. The van der Waals surface area contributed by atoms with E-state index in [4.69, 9.17) is 14.2 Å². The maximum atomic E-state index is 12.5. The molecule has 2 aromatic rings. The molecule has 2 aromatic carbocycles. The van der Waals surface area contributed by atoms with Gasteiger partial charge in [-0.25, -0.2) is 4.79 Å². The second-order valence-corrected chi connectivity index (χ2v) is 6.10. The zero-order chi connectivity index (χ0) is 20.0. The van der Waals surface area contributed by atoms with Gasteiger partial charge in [-0.15, -0.1) is 0 Å². The monoisotopic (exact) mass is 373 g/mol. The number of hydrogen-bond donors (Lipinski definition) is 2. The Kier molecular flexibility index (Phi) is 6.65. The van der Waals surface area contributed by atoms with E-state index in [0.29, 0.717) is 22.9 Å². The third-order valence-corrected chi connectivity index (χ3v) is 3.68. The molecule has 0 saturated heterocycles. The lowest BCUT2D eigenvalue weighted by Crippen LogP contribution is -2.17. The van der Waals surface area contributed by atoms with Gasteiger partial charge >= 0.3 is 5.97 Å². The average Bonchev–Trinajstić information content (AvgIpc) is 2.62. The number of carboxylic acid groups (broad SMARTS) is 1. The van der Waals surface area contributed by atoms with Gasteiger partial charge in [-0.05, 0) is 49.7 Å². The van der Waals surface area contributed by atoms with Crippen molar-refractivity contribution >= 4 is 17.6 Å². The number of carboxylic acids is 1. The lowest BCUT2D eigenvalue weighted by atomic mass is 10.1. The molecule has 7 nitrogen and oxygen atoms in total. The van der Waals surface area contributed by atoms with Gasteiger partial charge in [-0.2, -0.15) is 0 Å². The van der Waals surface area contributed by atoms with Crippen LogP contribution in [-0.4, -0.2) is 37.3 Å². The molecule has 0 aromatic heterocycles. The summed E-state index contributed by atoms with van der Waals surface area (Å²) in [7, 11) is 3.06. The highest BCUT2D eigenvalue weighted by Crippen LogP contribution is 2.29. The topological polar surface area (TPSA) is 94.1 Å². The van der Waals surface area contributed by atoms with Crippen molar-refractivity contribution in [2.45, 2.75) is 26.4 Å². The van der Waals surface area contributed by atoms with Crippen LogP contribution in [0.25, 0.3) is 0 Å². The zero-order valence-corrected chi connectivity index (χ0v) is 15.7. The Bertz CT molecular complexity index is 831. The number of amides is 1. The Morgan fingerprint density at radius 3 is 2.26 bits per heavy atom. The minimum Gasteiger partial charge on any atom is -0.493 e. The first-order chi connectivity index (χ1) is 12.8. The third-order valence-electron chi connectivity index (χ3n) is 3.68. The predicted molar refractivity (Wildman–Crippen MR) is 101 cm³/mol. The van der Waals surface area contributed by atoms with E-state index in [0.717, 1.165) is 5.56 Å². The summed E-state index contributed by atoms with van der Waals surface area (Å²) in [5.41, 5.74) is 1.10. The lowest BCUT2D eigenvalue weighted by molar-refractivity contribution is -0.115. The van der Waals surface area contributed by atoms with Crippen LogP contribution in [0.1, 0.15) is 29.8 Å². The van der Waals surface area contributed by atoms with Crippen molar-refractivity contribution in [2.24, 2.45) is 0 Å². The van der Waals surface area contributed by atoms with Crippen LogP contribution in [0.15, 0.2) is 36.4 Å². The second kappa shape index (κ2) is 8.93. The van der Waals surface area contributed by atoms with Crippen LogP contribution in [0.2, 0.25) is 0 Å². The van der Waals surface area contributed by atoms with E-state index in [2.05, 4.69) is 5.32 Å². The fraction of sp³-hybridized carbons (Fsp3) is 0.300. The molecule has 144 valence electrons. The molecule has 0 aliphatic rings. The summed E-state index contributed by atoms with van der Waals surface area (Å²) in [4.78, 5) is 23.7. The summed E-state index contributed by atoms with van der Waals surface area (Å²) in [5.74, 6) is 0.124. The lowest BCUT2D eigenvalue weighted by Gasteiger charge is -2.16. The minimum absolute atomic E-state index is 0.0625. The maximum Gasteiger partial charge on any atom is 0.335 e. The van der Waals surface area contributed by atoms with Gasteiger partial charge in [-0.1, -0.05) is 6.07 Å². The summed E-state index contributed by atoms with van der Waals surface area (Å²) in [6, 6.07) is 9.56. The molecule has 0 saturated carbocycles. The second-order valence-electron chi connectivity index (χ2n) is 6.10. The van der Waals surface area contributed by atoms with Crippen molar-refractivity contribution in [1.29, 1.82) is 0 Å². The predicted octanol–water partition coefficient (Wildman–Crippen LogP) is 3.37. The first kappa shape index (κ1) is 20.1. The number of anilines is 1. The van der Waals surface area contributed by atoms with Gasteiger partial charge in [0.2, 0.25) is 5.91 Å². The molecule has 0 bridgehead atoms. The molecule has 7 heteroatoms. The summed E-state index contributed by atoms with van der Waals surface area (Å²) in [6.45, 7) is 3.70. The molecular formula is C20H23NO6. The first-order valence-electron chi connectivity index (χ1n) is 8.38. The molecule has 0 aliphatic carbocycles. The average molecular weight is 373 g/mol. The van der Waals surface area contributed by atoms with Crippen LogP contribution in [-0.2, 0) is 11.2 Å². The molecule has 0 atom stereocenters. The van der Waals surface area contributed by atoms with Crippen LogP contribution < -0.4 is 19.5 Å². The molecule has 0 fully saturated rings. The third kappa shape index (κ3) is 5.37. The fourth-order valence-electron chi connectivity index (χ4n) is 2.49. The standard InChI is InChI=1S/C20H23NO6/c1-12(2)27-16-8-6-14(20(23)24)11-15(16)21-19(22)10-13-5-7-17(25-3)18(9-13)26-4/h5-9,11-12H,10H2,1-4H3,(H,21,22)(H,23,24). The van der Waals surface area contributed by atoms with Gasteiger partial charge in [-0.3, -0.25) is 4.79 Å². The van der Waals surface area contributed by atoms with Crippen molar-refractivity contribution in [3.63, 3.8) is 0 Å². The van der Waals surface area contributed by atoms with E-state index >= 15 is 0 Å². The Morgan fingerprint density at radius 1 is 1.00 bits per heavy atom. The molecule has 0 spiro atoms. The zero-order valence-electron chi connectivity index (χ0n) is 15.7. The van der Waals surface area contributed by atoms with E-state index in [9.17, 15) is 14.7 Å². The highest BCUT2D eigenvalue weighted by Gasteiger charge is 2.14. The summed E-state index contributed by atoms with van der Waals surface area (Å²) in [6.07, 6.45) is -0.0409. The number of ether oxygens (including phenoxy) is 3. The van der Waals surface area contributed by atoms with Gasteiger partial charge in [0.05, 0.1) is 38.0 Å². The van der Waals surface area contributed by atoms with E-state index in [-0.39, 0.29) is 24.0 Å². The van der Waals surface area contributed by atoms with Crippen molar-refractivity contribution in [3.8, 4) is 17.2 Å². The van der Waals surface area contributed by atoms with Crippen molar-refractivity contribution in [1.82, 2.24) is 0 Å². The summed E-state index contributed by atoms with van der Waals surface area (Å²) in [5, 5.41) is 11.9. The molecule has 1 amide bonds. The smallest absolute Gasteiger partial charge is 0.335 e. The first-order valence-corrected chi connectivity index (χ1v) is 8.38. The van der Waals surface area contributed by atoms with Crippen LogP contribution in [0.4, 0.5) is 5.69 Å². The van der Waals surface area contributed by atoms with Crippen molar-refractivity contribution in [3.05, 3.63) is 47.5 Å². The summed E-state index contributed by atoms with van der Waals surface area (Å²) >= 11 is 0. The molecule has 2 N–H and O–H groups in total. The molecule has 0 aliphatic heterocycles. The van der Waals surface area contributed by atoms with Crippen LogP contribution in [0.3, 0.4) is 0 Å². The number of carbonyl (C=O) groups excluding carboxylic acids is 1. The largest absolute Gasteiger partial charge is 0.493 e. The van der Waals surface area contributed by atoms with Gasteiger partial charge < -0.3 is 24.6 Å². The molecular weight excluding hydrogens is 350 g/mol.